The van der Waals surface area contributed by atoms with Crippen LogP contribution in [0, 0.1) is 0 Å². The van der Waals surface area contributed by atoms with Gasteiger partial charge in [0.15, 0.2) is 0 Å². The van der Waals surface area contributed by atoms with Crippen LogP contribution in [0.25, 0.3) is 0 Å². The molecule has 1 saturated heterocycles. The van der Waals surface area contributed by atoms with E-state index in [0.29, 0.717) is 6.42 Å². The maximum Gasteiger partial charge on any atom is 0.220 e. The molecule has 1 aromatic heterocycles. The predicted octanol–water partition coefficient (Wildman–Crippen LogP) is 0.578. The summed E-state index contributed by atoms with van der Waals surface area (Å²) in [6, 6.07) is 0.0372. The van der Waals surface area contributed by atoms with Crippen LogP contribution in [0.5, 0.6) is 0 Å². The summed E-state index contributed by atoms with van der Waals surface area (Å²) >= 11 is 0. The number of primary amides is 1. The molecular formula is C13H18N4O2. The lowest BCUT2D eigenvalue weighted by Gasteiger charge is -2.22. The summed E-state index contributed by atoms with van der Waals surface area (Å²) in [4.78, 5) is 32.7. The molecule has 1 atom stereocenters. The van der Waals surface area contributed by atoms with Crippen LogP contribution in [-0.2, 0) is 16.0 Å². The Labute approximate surface area is 112 Å². The number of amides is 2. The van der Waals surface area contributed by atoms with Gasteiger partial charge in [-0.15, -0.1) is 0 Å². The molecule has 1 fully saturated rings. The van der Waals surface area contributed by atoms with Gasteiger partial charge in [0.1, 0.15) is 0 Å². The molecule has 2 amide bonds. The first kappa shape index (κ1) is 13.5. The summed E-state index contributed by atoms with van der Waals surface area (Å²) in [6.07, 6.45) is 6.06. The third kappa shape index (κ3) is 3.27. The van der Waals surface area contributed by atoms with Crippen molar-refractivity contribution in [3.05, 3.63) is 23.8 Å². The average molecular weight is 262 g/mol. The zero-order chi connectivity index (χ0) is 13.8. The van der Waals surface area contributed by atoms with Crippen LogP contribution in [0.2, 0.25) is 0 Å². The van der Waals surface area contributed by atoms with Crippen molar-refractivity contribution in [1.29, 1.82) is 0 Å². The number of nitrogens with two attached hydrogens (primary N) is 1. The van der Waals surface area contributed by atoms with Crippen LogP contribution in [-0.4, -0.2) is 33.2 Å². The number of hydrogen-bond donors (Lipinski definition) is 1. The topological polar surface area (TPSA) is 89.2 Å². The lowest BCUT2D eigenvalue weighted by molar-refractivity contribution is -0.129. The maximum absolute atomic E-state index is 11.5. The Morgan fingerprint density at radius 1 is 1.42 bits per heavy atom. The summed E-state index contributed by atoms with van der Waals surface area (Å²) in [7, 11) is 0. The zero-order valence-corrected chi connectivity index (χ0v) is 11.0. The van der Waals surface area contributed by atoms with Crippen molar-refractivity contribution in [2.45, 2.75) is 38.6 Å². The highest BCUT2D eigenvalue weighted by molar-refractivity contribution is 5.74. The number of carbonyl (C=O) groups is 2. The Balaban J connectivity index is 2.05. The first-order chi connectivity index (χ1) is 9.08. The van der Waals surface area contributed by atoms with Crippen molar-refractivity contribution < 1.29 is 9.59 Å². The van der Waals surface area contributed by atoms with Gasteiger partial charge in [-0.05, 0) is 19.3 Å². The summed E-state index contributed by atoms with van der Waals surface area (Å²) in [5, 5.41) is 0. The van der Waals surface area contributed by atoms with Crippen molar-refractivity contribution in [2.75, 3.05) is 6.54 Å². The molecule has 102 valence electrons. The first-order valence-electron chi connectivity index (χ1n) is 6.44. The van der Waals surface area contributed by atoms with Gasteiger partial charge in [0.05, 0.1) is 23.6 Å². The van der Waals surface area contributed by atoms with E-state index in [1.165, 1.54) is 0 Å². The number of likely N-dealkylation sites (tertiary alicyclic amines) is 1. The van der Waals surface area contributed by atoms with E-state index in [2.05, 4.69) is 9.97 Å². The van der Waals surface area contributed by atoms with Crippen LogP contribution >= 0.6 is 0 Å². The van der Waals surface area contributed by atoms with Crippen LogP contribution in [0.4, 0.5) is 0 Å². The second-order valence-electron chi connectivity index (χ2n) is 4.77. The van der Waals surface area contributed by atoms with E-state index in [-0.39, 0.29) is 24.3 Å². The van der Waals surface area contributed by atoms with E-state index in [1.807, 2.05) is 4.90 Å². The summed E-state index contributed by atoms with van der Waals surface area (Å²) < 4.78 is 0. The monoisotopic (exact) mass is 262 g/mol. The van der Waals surface area contributed by atoms with Crippen molar-refractivity contribution in [3.8, 4) is 0 Å². The summed E-state index contributed by atoms with van der Waals surface area (Å²) in [6.45, 7) is 2.36. The van der Waals surface area contributed by atoms with Crippen molar-refractivity contribution >= 4 is 11.8 Å². The van der Waals surface area contributed by atoms with Gasteiger partial charge < -0.3 is 10.6 Å². The summed E-state index contributed by atoms with van der Waals surface area (Å²) in [5.74, 6) is -0.272. The molecule has 1 aliphatic heterocycles. The molecule has 0 spiro atoms. The normalized spacial score (nSPS) is 18.6. The van der Waals surface area contributed by atoms with Gasteiger partial charge in [0.25, 0.3) is 0 Å². The van der Waals surface area contributed by atoms with E-state index in [4.69, 9.17) is 5.73 Å². The van der Waals surface area contributed by atoms with Gasteiger partial charge in [-0.1, -0.05) is 0 Å². The molecule has 0 aromatic carbocycles. The second-order valence-corrected chi connectivity index (χ2v) is 4.77. The van der Waals surface area contributed by atoms with Gasteiger partial charge in [0.2, 0.25) is 11.8 Å². The maximum atomic E-state index is 11.5. The molecule has 0 radical (unpaired) electrons. The van der Waals surface area contributed by atoms with E-state index in [9.17, 15) is 9.59 Å². The minimum absolute atomic E-state index is 0.0372. The van der Waals surface area contributed by atoms with Crippen molar-refractivity contribution in [2.24, 2.45) is 5.73 Å². The fourth-order valence-corrected chi connectivity index (χ4v) is 2.37. The zero-order valence-electron chi connectivity index (χ0n) is 11.0. The van der Waals surface area contributed by atoms with Gasteiger partial charge >= 0.3 is 0 Å². The largest absolute Gasteiger partial charge is 0.370 e. The number of rotatable bonds is 4. The third-order valence-electron chi connectivity index (χ3n) is 3.35. The molecule has 2 N–H and O–H groups in total. The number of carbonyl (C=O) groups excluding carboxylic acids is 2. The van der Waals surface area contributed by atoms with Gasteiger partial charge in [-0.3, -0.25) is 19.6 Å². The van der Waals surface area contributed by atoms with Crippen LogP contribution in [0.3, 0.4) is 0 Å². The molecular weight excluding hydrogens is 244 g/mol. The van der Waals surface area contributed by atoms with Gasteiger partial charge in [-0.2, -0.15) is 0 Å². The molecule has 2 rings (SSSR count). The molecule has 2 heterocycles. The van der Waals surface area contributed by atoms with Crippen LogP contribution in [0.1, 0.15) is 43.6 Å². The minimum Gasteiger partial charge on any atom is -0.370 e. The number of hydrogen-bond acceptors (Lipinski definition) is 4. The highest BCUT2D eigenvalue weighted by Gasteiger charge is 2.28. The van der Waals surface area contributed by atoms with E-state index < -0.39 is 0 Å². The quantitative estimate of drug-likeness (QED) is 0.859. The lowest BCUT2D eigenvalue weighted by atomic mass is 10.1. The molecule has 6 heteroatoms. The molecule has 1 aliphatic rings. The summed E-state index contributed by atoms with van der Waals surface area (Å²) in [5.41, 5.74) is 6.65. The minimum atomic E-state index is -0.343. The Morgan fingerprint density at radius 2 is 2.21 bits per heavy atom. The molecule has 19 heavy (non-hydrogen) atoms. The fourth-order valence-electron chi connectivity index (χ4n) is 2.37. The second kappa shape index (κ2) is 5.77. The highest BCUT2D eigenvalue weighted by atomic mass is 16.2. The Hall–Kier alpha value is -1.98. The smallest absolute Gasteiger partial charge is 0.220 e. The SMILES string of the molecule is CC(=O)N1CCC[C@@H]1c1cnc(CCC(N)=O)cn1. The Kier molecular flexibility index (Phi) is 4.09. The highest BCUT2D eigenvalue weighted by Crippen LogP contribution is 2.30. The van der Waals surface area contributed by atoms with Crippen LogP contribution < -0.4 is 5.73 Å². The lowest BCUT2D eigenvalue weighted by Crippen LogP contribution is -2.28. The number of aryl methyl sites for hydroxylation is 1. The molecule has 0 bridgehead atoms. The molecule has 6 nitrogen and oxygen atoms in total. The molecule has 1 aromatic rings. The molecule has 0 unspecified atom stereocenters. The Morgan fingerprint density at radius 3 is 2.79 bits per heavy atom. The molecule has 0 saturated carbocycles. The van der Waals surface area contributed by atoms with Gasteiger partial charge in [0, 0.05) is 26.1 Å². The average Bonchev–Trinajstić information content (AvgIpc) is 2.86. The van der Waals surface area contributed by atoms with Crippen LogP contribution in [0.15, 0.2) is 12.4 Å². The third-order valence-corrected chi connectivity index (χ3v) is 3.35. The van der Waals surface area contributed by atoms with Crippen molar-refractivity contribution in [1.82, 2.24) is 14.9 Å². The van der Waals surface area contributed by atoms with E-state index in [1.54, 1.807) is 19.3 Å². The predicted molar refractivity (Wildman–Crippen MR) is 68.9 cm³/mol. The van der Waals surface area contributed by atoms with Gasteiger partial charge in [-0.25, -0.2) is 0 Å². The fraction of sp³-hybridized carbons (Fsp3) is 0.538. The number of nitrogens with zero attached hydrogens (tertiary/aromatic N) is 3. The standard InChI is InChI=1S/C13H18N4O2/c1-9(18)17-6-2-3-12(17)11-8-15-10(7-16-11)4-5-13(14)19/h7-8,12H,2-6H2,1H3,(H2,14,19)/t12-/m1/s1. The number of aromatic nitrogens is 2. The Bertz CT molecular complexity index is 472. The van der Waals surface area contributed by atoms with E-state index in [0.717, 1.165) is 30.8 Å². The first-order valence-corrected chi connectivity index (χ1v) is 6.44. The van der Waals surface area contributed by atoms with E-state index >= 15 is 0 Å². The van der Waals surface area contributed by atoms with Crippen molar-refractivity contribution in [3.63, 3.8) is 0 Å². The molecule has 0 aliphatic carbocycles.